The van der Waals surface area contributed by atoms with Gasteiger partial charge in [0.2, 0.25) is 0 Å². The van der Waals surface area contributed by atoms with Gasteiger partial charge in [0.05, 0.1) is 28.4 Å². The number of nitrogens with zero attached hydrogens (tertiary/aromatic N) is 5. The summed E-state index contributed by atoms with van der Waals surface area (Å²) in [6.07, 6.45) is 7.65. The summed E-state index contributed by atoms with van der Waals surface area (Å²) in [6, 6.07) is 34.1. The molecule has 0 bridgehead atoms. The maximum Gasteiger partial charge on any atom is 0.147 e. The van der Waals surface area contributed by atoms with Gasteiger partial charge < -0.3 is 4.57 Å². The molecule has 0 amide bonds. The molecule has 0 aliphatic carbocycles. The number of benzene rings is 4. The molecule has 8 aromatic rings. The van der Waals surface area contributed by atoms with Gasteiger partial charge in [0.15, 0.2) is 0 Å². The number of hydrogen-bond donors (Lipinski definition) is 0. The molecule has 0 N–H and O–H groups in total. The molecule has 8 rings (SSSR count). The predicted octanol–water partition coefficient (Wildman–Crippen LogP) is 8.52. The third-order valence-corrected chi connectivity index (χ3v) is 7.95. The van der Waals surface area contributed by atoms with Gasteiger partial charge >= 0.3 is 0 Å². The second-order valence-corrected chi connectivity index (χ2v) is 10.2. The SMILES string of the molecule is C=Cc1c(C=NC)c2c(cnc3c4cccnc4n(-c4ccc5cc6ccccc6cc5c4)c32)n1-c1ccccc1. The Balaban J connectivity index is 1.55. The van der Waals surface area contributed by atoms with Crippen LogP contribution in [0.25, 0.3) is 72.0 Å². The van der Waals surface area contributed by atoms with Gasteiger partial charge in [0.25, 0.3) is 0 Å². The van der Waals surface area contributed by atoms with E-state index in [1.54, 1.807) is 0 Å². The number of para-hydroxylation sites is 1. The van der Waals surface area contributed by atoms with Gasteiger partial charge in [-0.3, -0.25) is 14.5 Å². The highest BCUT2D eigenvalue weighted by molar-refractivity contribution is 6.21. The van der Waals surface area contributed by atoms with Crippen molar-refractivity contribution < 1.29 is 0 Å². The molecule has 4 aromatic carbocycles. The van der Waals surface area contributed by atoms with Gasteiger partial charge in [-0.05, 0) is 76.2 Å². The van der Waals surface area contributed by atoms with E-state index in [1.165, 1.54) is 21.5 Å². The number of fused-ring (bicyclic) bond motifs is 7. The topological polar surface area (TPSA) is 48.0 Å². The van der Waals surface area contributed by atoms with E-state index >= 15 is 0 Å². The number of aromatic nitrogens is 4. The van der Waals surface area contributed by atoms with Gasteiger partial charge in [-0.2, -0.15) is 0 Å². The molecule has 0 aliphatic rings. The third kappa shape index (κ3) is 3.39. The van der Waals surface area contributed by atoms with Gasteiger partial charge in [-0.25, -0.2) is 4.98 Å². The van der Waals surface area contributed by atoms with Crippen molar-refractivity contribution in [2.75, 3.05) is 7.05 Å². The highest BCUT2D eigenvalue weighted by Gasteiger charge is 2.24. The molecule has 0 saturated heterocycles. The molecular formula is C36H25N5. The minimum absolute atomic E-state index is 0.870. The Kier molecular flexibility index (Phi) is 5.12. The van der Waals surface area contributed by atoms with Crippen LogP contribution in [-0.2, 0) is 0 Å². The van der Waals surface area contributed by atoms with Crippen molar-refractivity contribution in [3.05, 3.63) is 127 Å². The third-order valence-electron chi connectivity index (χ3n) is 7.95. The Morgan fingerprint density at radius 3 is 2.27 bits per heavy atom. The van der Waals surface area contributed by atoms with Crippen LogP contribution in [0.3, 0.4) is 0 Å². The first-order valence-corrected chi connectivity index (χ1v) is 13.6. The summed E-state index contributed by atoms with van der Waals surface area (Å²) in [7, 11) is 1.81. The molecule has 0 aliphatic heterocycles. The summed E-state index contributed by atoms with van der Waals surface area (Å²) in [5.41, 5.74) is 7.83. The predicted molar refractivity (Wildman–Crippen MR) is 172 cm³/mol. The fraction of sp³-hybridized carbons (Fsp3) is 0.0278. The summed E-state index contributed by atoms with van der Waals surface area (Å²) in [6.45, 7) is 4.20. The van der Waals surface area contributed by atoms with E-state index in [-0.39, 0.29) is 0 Å². The normalized spacial score (nSPS) is 12.0. The lowest BCUT2D eigenvalue weighted by Gasteiger charge is -2.11. The van der Waals surface area contributed by atoms with E-state index in [4.69, 9.17) is 9.97 Å². The largest absolute Gasteiger partial charge is 0.308 e. The van der Waals surface area contributed by atoms with Crippen LogP contribution in [0.1, 0.15) is 11.3 Å². The number of pyridine rings is 2. The molecule has 5 nitrogen and oxygen atoms in total. The first-order valence-electron chi connectivity index (χ1n) is 13.6. The van der Waals surface area contributed by atoms with Crippen LogP contribution in [0, 0.1) is 0 Å². The molecule has 0 unspecified atom stereocenters. The molecule has 41 heavy (non-hydrogen) atoms. The second-order valence-electron chi connectivity index (χ2n) is 10.2. The van der Waals surface area contributed by atoms with Crippen LogP contribution >= 0.6 is 0 Å². The minimum Gasteiger partial charge on any atom is -0.308 e. The first-order chi connectivity index (χ1) is 20.3. The Labute approximate surface area is 236 Å². The summed E-state index contributed by atoms with van der Waals surface area (Å²) in [5.74, 6) is 0. The van der Waals surface area contributed by atoms with Crippen molar-refractivity contribution in [1.29, 1.82) is 0 Å². The maximum atomic E-state index is 5.06. The smallest absolute Gasteiger partial charge is 0.147 e. The van der Waals surface area contributed by atoms with Crippen LogP contribution in [0.15, 0.2) is 121 Å². The van der Waals surface area contributed by atoms with Crippen LogP contribution in [0.2, 0.25) is 0 Å². The zero-order valence-electron chi connectivity index (χ0n) is 22.5. The zero-order chi connectivity index (χ0) is 27.5. The van der Waals surface area contributed by atoms with Crippen molar-refractivity contribution in [2.24, 2.45) is 4.99 Å². The summed E-state index contributed by atoms with van der Waals surface area (Å²) in [5, 5.41) is 6.91. The molecule has 0 saturated carbocycles. The zero-order valence-corrected chi connectivity index (χ0v) is 22.5. The lowest BCUT2D eigenvalue weighted by atomic mass is 10.0. The fourth-order valence-electron chi connectivity index (χ4n) is 6.22. The highest BCUT2D eigenvalue weighted by Crippen LogP contribution is 2.39. The molecule has 4 heterocycles. The van der Waals surface area contributed by atoms with Crippen molar-refractivity contribution in [3.8, 4) is 11.4 Å². The Bertz CT molecular complexity index is 2340. The molecule has 194 valence electrons. The average Bonchev–Trinajstić information content (AvgIpc) is 3.53. The molecule has 5 heteroatoms. The van der Waals surface area contributed by atoms with Crippen molar-refractivity contribution in [2.45, 2.75) is 0 Å². The molecule has 0 fully saturated rings. The standard InChI is InChI=1S/C36H25N5/c1-3-31-30(21-37-2)33-32(40(31)27-12-5-4-6-13-27)22-39-34-29-14-9-17-38-36(29)41(35(33)34)28-16-15-25-18-23-10-7-8-11-24(23)19-26(25)20-28/h3-22H,1H2,2H3. The van der Waals surface area contributed by atoms with Gasteiger partial charge in [-0.1, -0.05) is 55.1 Å². The first kappa shape index (κ1) is 23.3. The van der Waals surface area contributed by atoms with Crippen LogP contribution in [0.5, 0.6) is 0 Å². The van der Waals surface area contributed by atoms with Gasteiger partial charge in [0.1, 0.15) is 5.65 Å². The second kappa shape index (κ2) is 9.00. The average molecular weight is 528 g/mol. The van der Waals surface area contributed by atoms with Gasteiger partial charge in [-0.15, -0.1) is 0 Å². The molecule has 0 spiro atoms. The van der Waals surface area contributed by atoms with Crippen molar-refractivity contribution >= 4 is 66.8 Å². The highest BCUT2D eigenvalue weighted by atomic mass is 15.1. The Hall–Kier alpha value is -5.55. The van der Waals surface area contributed by atoms with E-state index in [0.29, 0.717) is 0 Å². The number of aliphatic imine (C=N–C) groups is 1. The summed E-state index contributed by atoms with van der Waals surface area (Å²) < 4.78 is 4.47. The van der Waals surface area contributed by atoms with Crippen LogP contribution in [0.4, 0.5) is 0 Å². The Morgan fingerprint density at radius 2 is 1.49 bits per heavy atom. The van der Waals surface area contributed by atoms with E-state index in [9.17, 15) is 0 Å². The lowest BCUT2D eigenvalue weighted by Crippen LogP contribution is -1.97. The summed E-state index contributed by atoms with van der Waals surface area (Å²) >= 11 is 0. The quantitative estimate of drug-likeness (QED) is 0.170. The van der Waals surface area contributed by atoms with E-state index in [2.05, 4.69) is 93.5 Å². The van der Waals surface area contributed by atoms with E-state index in [1.807, 2.05) is 56.0 Å². The summed E-state index contributed by atoms with van der Waals surface area (Å²) in [4.78, 5) is 14.4. The van der Waals surface area contributed by atoms with Crippen molar-refractivity contribution in [1.82, 2.24) is 19.1 Å². The van der Waals surface area contributed by atoms with Gasteiger partial charge in [0, 0.05) is 47.2 Å². The molecular weight excluding hydrogens is 502 g/mol. The van der Waals surface area contributed by atoms with E-state index < -0.39 is 0 Å². The van der Waals surface area contributed by atoms with Crippen LogP contribution < -0.4 is 0 Å². The lowest BCUT2D eigenvalue weighted by molar-refractivity contribution is 1.10. The minimum atomic E-state index is 0.870. The number of rotatable bonds is 4. The monoisotopic (exact) mass is 527 g/mol. The fourth-order valence-corrected chi connectivity index (χ4v) is 6.22. The molecule has 4 aromatic heterocycles. The number of hydrogen-bond acceptors (Lipinski definition) is 3. The van der Waals surface area contributed by atoms with Crippen LogP contribution in [-0.4, -0.2) is 32.4 Å². The van der Waals surface area contributed by atoms with Crippen molar-refractivity contribution in [3.63, 3.8) is 0 Å². The molecule has 0 radical (unpaired) electrons. The molecule has 0 atom stereocenters. The van der Waals surface area contributed by atoms with E-state index in [0.717, 1.165) is 55.6 Å². The Morgan fingerprint density at radius 1 is 0.732 bits per heavy atom. The maximum absolute atomic E-state index is 5.06.